The first-order valence-electron chi connectivity index (χ1n) is 7.41. The van der Waals surface area contributed by atoms with E-state index in [0.29, 0.717) is 25.8 Å². The molecule has 3 nitrogen and oxygen atoms in total. The van der Waals surface area contributed by atoms with Gasteiger partial charge in [-0.15, -0.1) is 0 Å². The zero-order valence-corrected chi connectivity index (χ0v) is 12.2. The third-order valence-electron chi connectivity index (χ3n) is 4.30. The van der Waals surface area contributed by atoms with Crippen LogP contribution in [0.5, 0.6) is 0 Å². The number of alkyl halides is 3. The molecule has 1 aliphatic rings. The van der Waals surface area contributed by atoms with Crippen LogP contribution < -0.4 is 5.73 Å². The van der Waals surface area contributed by atoms with Crippen molar-refractivity contribution in [1.29, 1.82) is 0 Å². The predicted molar refractivity (Wildman–Crippen MR) is 72.0 cm³/mol. The largest absolute Gasteiger partial charge is 0.406 e. The molecule has 0 saturated heterocycles. The van der Waals surface area contributed by atoms with Crippen molar-refractivity contribution in [3.05, 3.63) is 0 Å². The summed E-state index contributed by atoms with van der Waals surface area (Å²) in [6, 6.07) is -0.344. The third kappa shape index (κ3) is 4.36. The van der Waals surface area contributed by atoms with Crippen molar-refractivity contribution in [2.45, 2.75) is 58.2 Å². The van der Waals surface area contributed by atoms with Crippen LogP contribution in [0, 0.1) is 11.8 Å². The van der Waals surface area contributed by atoms with Crippen LogP contribution in [0.25, 0.3) is 0 Å². The highest BCUT2D eigenvalue weighted by atomic mass is 19.4. The van der Waals surface area contributed by atoms with Crippen molar-refractivity contribution < 1.29 is 18.0 Å². The molecule has 0 aromatic rings. The molecule has 1 amide bonds. The Hall–Kier alpha value is -0.780. The van der Waals surface area contributed by atoms with Gasteiger partial charge in [0, 0.05) is 12.0 Å². The molecule has 0 aromatic carbocycles. The number of amides is 1. The second-order valence-electron chi connectivity index (χ2n) is 5.58. The van der Waals surface area contributed by atoms with Crippen LogP contribution in [-0.4, -0.2) is 36.1 Å². The number of carbonyl (C=O) groups excluding carboxylic acids is 1. The molecule has 0 bridgehead atoms. The van der Waals surface area contributed by atoms with E-state index >= 15 is 0 Å². The van der Waals surface area contributed by atoms with E-state index in [1.165, 1.54) is 0 Å². The highest BCUT2D eigenvalue weighted by molar-refractivity contribution is 5.80. The van der Waals surface area contributed by atoms with Crippen LogP contribution in [0.1, 0.15) is 46.0 Å². The summed E-state index contributed by atoms with van der Waals surface area (Å²) < 4.78 is 38.2. The van der Waals surface area contributed by atoms with Gasteiger partial charge in [-0.05, 0) is 38.1 Å². The van der Waals surface area contributed by atoms with Crippen LogP contribution in [0.3, 0.4) is 0 Å². The lowest BCUT2D eigenvalue weighted by Gasteiger charge is -2.34. The van der Waals surface area contributed by atoms with E-state index in [0.717, 1.165) is 17.7 Å². The first-order chi connectivity index (χ1) is 9.34. The van der Waals surface area contributed by atoms with Gasteiger partial charge in [-0.2, -0.15) is 13.2 Å². The van der Waals surface area contributed by atoms with Gasteiger partial charge in [0.15, 0.2) is 0 Å². The van der Waals surface area contributed by atoms with E-state index in [2.05, 4.69) is 0 Å². The standard InChI is InChI=1S/C14H25F3N2O/c1-3-11(4-2)19(9-14(15,16)17)13(20)12-7-5-6-10(12)8-18/h10-12H,3-9,18H2,1-2H3. The smallest absolute Gasteiger partial charge is 0.330 e. The maximum Gasteiger partial charge on any atom is 0.406 e. The quantitative estimate of drug-likeness (QED) is 0.818. The predicted octanol–water partition coefficient (Wildman–Crippen LogP) is 2.94. The summed E-state index contributed by atoms with van der Waals surface area (Å²) in [5.74, 6) is -0.653. The Morgan fingerprint density at radius 3 is 2.35 bits per heavy atom. The summed E-state index contributed by atoms with van der Waals surface area (Å²) in [6.45, 7) is 2.87. The van der Waals surface area contributed by atoms with E-state index in [1.54, 1.807) is 0 Å². The van der Waals surface area contributed by atoms with Crippen molar-refractivity contribution >= 4 is 5.91 Å². The molecule has 0 aromatic heterocycles. The molecule has 1 rings (SSSR count). The number of nitrogens with two attached hydrogens (primary N) is 1. The number of hydrogen-bond acceptors (Lipinski definition) is 2. The molecule has 1 aliphatic carbocycles. The first kappa shape index (κ1) is 17.3. The Kier molecular flexibility index (Phi) is 6.30. The molecule has 0 spiro atoms. The number of halogens is 3. The second-order valence-corrected chi connectivity index (χ2v) is 5.58. The molecule has 0 aliphatic heterocycles. The molecule has 2 N–H and O–H groups in total. The van der Waals surface area contributed by atoms with Crippen LogP contribution in [-0.2, 0) is 4.79 Å². The molecule has 1 saturated carbocycles. The van der Waals surface area contributed by atoms with Crippen molar-refractivity contribution in [2.75, 3.05) is 13.1 Å². The van der Waals surface area contributed by atoms with Gasteiger partial charge in [-0.1, -0.05) is 20.3 Å². The zero-order valence-electron chi connectivity index (χ0n) is 12.2. The van der Waals surface area contributed by atoms with Gasteiger partial charge in [-0.3, -0.25) is 4.79 Å². The molecular formula is C14H25F3N2O. The molecular weight excluding hydrogens is 269 g/mol. The van der Waals surface area contributed by atoms with Gasteiger partial charge in [0.25, 0.3) is 0 Å². The molecule has 0 radical (unpaired) electrons. The molecule has 6 heteroatoms. The van der Waals surface area contributed by atoms with Gasteiger partial charge < -0.3 is 10.6 Å². The Balaban J connectivity index is 2.88. The lowest BCUT2D eigenvalue weighted by molar-refractivity contribution is -0.169. The summed E-state index contributed by atoms with van der Waals surface area (Å²) in [5.41, 5.74) is 5.64. The lowest BCUT2D eigenvalue weighted by atomic mass is 9.93. The van der Waals surface area contributed by atoms with Crippen molar-refractivity contribution in [3.8, 4) is 0 Å². The van der Waals surface area contributed by atoms with E-state index in [1.807, 2.05) is 13.8 Å². The number of nitrogens with zero attached hydrogens (tertiary/aromatic N) is 1. The summed E-state index contributed by atoms with van der Waals surface area (Å²) >= 11 is 0. The average Bonchev–Trinajstić information content (AvgIpc) is 2.85. The van der Waals surface area contributed by atoms with Crippen molar-refractivity contribution in [1.82, 2.24) is 4.90 Å². The number of hydrogen-bond donors (Lipinski definition) is 1. The fourth-order valence-corrected chi connectivity index (χ4v) is 3.17. The maximum atomic E-state index is 12.7. The Labute approximate surface area is 118 Å². The van der Waals surface area contributed by atoms with Gasteiger partial charge in [0.05, 0.1) is 0 Å². The monoisotopic (exact) mass is 294 g/mol. The SMILES string of the molecule is CCC(CC)N(CC(F)(F)F)C(=O)C1CCCC1CN. The first-order valence-corrected chi connectivity index (χ1v) is 7.41. The highest BCUT2D eigenvalue weighted by Gasteiger charge is 2.41. The minimum Gasteiger partial charge on any atom is -0.330 e. The number of rotatable bonds is 6. The Morgan fingerprint density at radius 2 is 1.90 bits per heavy atom. The fourth-order valence-electron chi connectivity index (χ4n) is 3.17. The van der Waals surface area contributed by atoms with Gasteiger partial charge in [-0.25, -0.2) is 0 Å². The normalized spacial score (nSPS) is 23.4. The Bertz CT molecular complexity index is 316. The van der Waals surface area contributed by atoms with Gasteiger partial charge in [0.2, 0.25) is 5.91 Å². The summed E-state index contributed by atoms with van der Waals surface area (Å²) in [5, 5.41) is 0. The van der Waals surface area contributed by atoms with Crippen molar-refractivity contribution in [2.24, 2.45) is 17.6 Å². The van der Waals surface area contributed by atoms with Crippen molar-refractivity contribution in [3.63, 3.8) is 0 Å². The van der Waals surface area contributed by atoms with E-state index in [9.17, 15) is 18.0 Å². The van der Waals surface area contributed by atoms with Crippen LogP contribution in [0.15, 0.2) is 0 Å². The lowest BCUT2D eigenvalue weighted by Crippen LogP contribution is -2.48. The second kappa shape index (κ2) is 7.29. The van der Waals surface area contributed by atoms with E-state index in [-0.39, 0.29) is 23.8 Å². The number of carbonyl (C=O) groups is 1. The maximum absolute atomic E-state index is 12.7. The molecule has 0 heterocycles. The molecule has 2 unspecified atom stereocenters. The minimum absolute atomic E-state index is 0.0348. The van der Waals surface area contributed by atoms with Gasteiger partial charge >= 0.3 is 6.18 Å². The average molecular weight is 294 g/mol. The van der Waals surface area contributed by atoms with Gasteiger partial charge in [0.1, 0.15) is 6.54 Å². The summed E-state index contributed by atoms with van der Waals surface area (Å²) in [7, 11) is 0. The molecule has 20 heavy (non-hydrogen) atoms. The van der Waals surface area contributed by atoms with Crippen LogP contribution in [0.4, 0.5) is 13.2 Å². The Morgan fingerprint density at radius 1 is 1.30 bits per heavy atom. The summed E-state index contributed by atoms with van der Waals surface area (Å²) in [4.78, 5) is 13.6. The van der Waals surface area contributed by atoms with E-state index < -0.39 is 12.7 Å². The highest BCUT2D eigenvalue weighted by Crippen LogP contribution is 2.34. The van der Waals surface area contributed by atoms with Crippen LogP contribution in [0.2, 0.25) is 0 Å². The van der Waals surface area contributed by atoms with E-state index in [4.69, 9.17) is 5.73 Å². The molecule has 2 atom stereocenters. The minimum atomic E-state index is -4.35. The topological polar surface area (TPSA) is 46.3 Å². The molecule has 1 fully saturated rings. The summed E-state index contributed by atoms with van der Waals surface area (Å²) in [6.07, 6.45) is -0.891. The van der Waals surface area contributed by atoms with Crippen LogP contribution >= 0.6 is 0 Å². The fraction of sp³-hybridized carbons (Fsp3) is 0.929. The molecule has 118 valence electrons. The third-order valence-corrected chi connectivity index (χ3v) is 4.30. The zero-order chi connectivity index (χ0) is 15.3.